The SMILES string of the molecule is Cc1cc(C(=O)O)ccc1C(O)C(O)CNC(=O)OCC1c2ccccc2-c2ccccc21. The minimum Gasteiger partial charge on any atom is -0.478 e. The first-order valence-electron chi connectivity index (χ1n) is 10.7. The molecule has 33 heavy (non-hydrogen) atoms. The van der Waals surface area contributed by atoms with Gasteiger partial charge in [-0.3, -0.25) is 0 Å². The van der Waals surface area contributed by atoms with E-state index >= 15 is 0 Å². The minimum absolute atomic E-state index is 0.0749. The second kappa shape index (κ2) is 9.44. The highest BCUT2D eigenvalue weighted by Crippen LogP contribution is 2.44. The first-order valence-corrected chi connectivity index (χ1v) is 10.7. The van der Waals surface area contributed by atoms with E-state index in [1.54, 1.807) is 6.92 Å². The fourth-order valence-corrected chi connectivity index (χ4v) is 4.30. The molecule has 7 nitrogen and oxygen atoms in total. The zero-order valence-corrected chi connectivity index (χ0v) is 18.1. The summed E-state index contributed by atoms with van der Waals surface area (Å²) < 4.78 is 5.43. The van der Waals surface area contributed by atoms with Crippen molar-refractivity contribution in [1.29, 1.82) is 0 Å². The molecule has 0 fully saturated rings. The van der Waals surface area contributed by atoms with Crippen LogP contribution in [0.15, 0.2) is 66.7 Å². The molecule has 1 aliphatic rings. The lowest BCUT2D eigenvalue weighted by Gasteiger charge is -2.21. The van der Waals surface area contributed by atoms with Gasteiger partial charge in [0.15, 0.2) is 0 Å². The first-order chi connectivity index (χ1) is 15.9. The highest BCUT2D eigenvalue weighted by Gasteiger charge is 2.29. The summed E-state index contributed by atoms with van der Waals surface area (Å²) in [5, 5.41) is 32.3. The van der Waals surface area contributed by atoms with Crippen LogP contribution in [0.25, 0.3) is 11.1 Å². The molecular formula is C26H25NO6. The number of carboxylic acid groups (broad SMARTS) is 1. The largest absolute Gasteiger partial charge is 0.478 e. The summed E-state index contributed by atoms with van der Waals surface area (Å²) in [6, 6.07) is 20.3. The number of hydrogen-bond donors (Lipinski definition) is 4. The Hall–Kier alpha value is -3.68. The number of alkyl carbamates (subject to hydrolysis) is 1. The number of amides is 1. The average molecular weight is 447 g/mol. The molecule has 170 valence electrons. The monoisotopic (exact) mass is 447 g/mol. The molecule has 0 spiro atoms. The smallest absolute Gasteiger partial charge is 0.407 e. The number of aromatic carboxylic acids is 1. The number of nitrogens with one attached hydrogen (secondary N) is 1. The standard InChI is InChI=1S/C26H25NO6/c1-15-12-16(25(30)31)10-11-17(15)24(29)23(28)13-27-26(32)33-14-22-20-8-4-2-6-18(20)19-7-3-5-9-21(19)22/h2-12,22-24,28-29H,13-14H2,1H3,(H,27,32)(H,30,31). The third-order valence-corrected chi connectivity index (χ3v) is 6.00. The predicted molar refractivity (Wildman–Crippen MR) is 122 cm³/mol. The summed E-state index contributed by atoms with van der Waals surface area (Å²) in [7, 11) is 0. The van der Waals surface area contributed by atoms with E-state index in [4.69, 9.17) is 9.84 Å². The van der Waals surface area contributed by atoms with E-state index in [1.807, 2.05) is 36.4 Å². The van der Waals surface area contributed by atoms with E-state index in [2.05, 4.69) is 17.4 Å². The van der Waals surface area contributed by atoms with Crippen LogP contribution in [0.2, 0.25) is 0 Å². The second-order valence-corrected chi connectivity index (χ2v) is 8.10. The Morgan fingerprint density at radius 3 is 2.15 bits per heavy atom. The second-order valence-electron chi connectivity index (χ2n) is 8.10. The van der Waals surface area contributed by atoms with Gasteiger partial charge in [0, 0.05) is 12.5 Å². The van der Waals surface area contributed by atoms with Crippen LogP contribution < -0.4 is 5.32 Å². The van der Waals surface area contributed by atoms with Gasteiger partial charge in [-0.05, 0) is 52.4 Å². The van der Waals surface area contributed by atoms with Crippen molar-refractivity contribution >= 4 is 12.1 Å². The van der Waals surface area contributed by atoms with Crippen LogP contribution in [-0.2, 0) is 4.74 Å². The van der Waals surface area contributed by atoms with Crippen molar-refractivity contribution in [3.05, 3.63) is 94.5 Å². The van der Waals surface area contributed by atoms with Crippen LogP contribution >= 0.6 is 0 Å². The number of carboxylic acids is 1. The quantitative estimate of drug-likeness (QED) is 0.440. The Kier molecular flexibility index (Phi) is 6.44. The van der Waals surface area contributed by atoms with Crippen LogP contribution in [0.5, 0.6) is 0 Å². The maximum absolute atomic E-state index is 12.3. The summed E-state index contributed by atoms with van der Waals surface area (Å²) in [4.78, 5) is 23.3. The van der Waals surface area contributed by atoms with Gasteiger partial charge in [-0.1, -0.05) is 54.6 Å². The highest BCUT2D eigenvalue weighted by atomic mass is 16.5. The van der Waals surface area contributed by atoms with Crippen molar-refractivity contribution in [3.63, 3.8) is 0 Å². The van der Waals surface area contributed by atoms with Gasteiger partial charge in [0.05, 0.1) is 5.56 Å². The van der Waals surface area contributed by atoms with Crippen molar-refractivity contribution in [2.75, 3.05) is 13.2 Å². The van der Waals surface area contributed by atoms with E-state index < -0.39 is 24.3 Å². The number of aryl methyl sites for hydroxylation is 1. The molecule has 3 aromatic carbocycles. The van der Waals surface area contributed by atoms with E-state index in [0.717, 1.165) is 22.3 Å². The molecule has 0 aromatic heterocycles. The molecule has 1 aliphatic carbocycles. The topological polar surface area (TPSA) is 116 Å². The van der Waals surface area contributed by atoms with Crippen LogP contribution in [0.4, 0.5) is 4.79 Å². The van der Waals surface area contributed by atoms with E-state index in [1.165, 1.54) is 18.2 Å². The van der Waals surface area contributed by atoms with Gasteiger partial charge in [-0.2, -0.15) is 0 Å². The summed E-state index contributed by atoms with van der Waals surface area (Å²) in [6.07, 6.45) is -3.28. The van der Waals surface area contributed by atoms with Crippen molar-refractivity contribution in [2.24, 2.45) is 0 Å². The predicted octanol–water partition coefficient (Wildman–Crippen LogP) is 3.63. The van der Waals surface area contributed by atoms with Gasteiger partial charge in [0.25, 0.3) is 0 Å². The molecule has 4 rings (SSSR count). The zero-order valence-electron chi connectivity index (χ0n) is 18.1. The Balaban J connectivity index is 1.34. The van der Waals surface area contributed by atoms with Crippen LogP contribution in [0, 0.1) is 6.92 Å². The fraction of sp³-hybridized carbons (Fsp3) is 0.231. The van der Waals surface area contributed by atoms with E-state index in [9.17, 15) is 19.8 Å². The molecule has 0 heterocycles. The van der Waals surface area contributed by atoms with Crippen molar-refractivity contribution in [1.82, 2.24) is 5.32 Å². The third-order valence-electron chi connectivity index (χ3n) is 6.00. The molecule has 0 aliphatic heterocycles. The van der Waals surface area contributed by atoms with Crippen molar-refractivity contribution in [2.45, 2.75) is 25.0 Å². The molecule has 0 bridgehead atoms. The van der Waals surface area contributed by atoms with Gasteiger partial charge < -0.3 is 25.4 Å². The molecule has 1 amide bonds. The van der Waals surface area contributed by atoms with Crippen molar-refractivity contribution in [3.8, 4) is 11.1 Å². The lowest BCUT2D eigenvalue weighted by molar-refractivity contribution is 0.0182. The first kappa shape index (κ1) is 22.5. The Morgan fingerprint density at radius 1 is 0.970 bits per heavy atom. The molecular weight excluding hydrogens is 422 g/mol. The average Bonchev–Trinajstić information content (AvgIpc) is 3.14. The normalized spacial score (nSPS) is 14.2. The van der Waals surface area contributed by atoms with E-state index in [0.29, 0.717) is 11.1 Å². The maximum atomic E-state index is 12.3. The molecule has 0 radical (unpaired) electrons. The number of fused-ring (bicyclic) bond motifs is 3. The zero-order chi connectivity index (χ0) is 23.5. The number of rotatable bonds is 7. The van der Waals surface area contributed by atoms with Gasteiger partial charge in [-0.15, -0.1) is 0 Å². The Morgan fingerprint density at radius 2 is 1.58 bits per heavy atom. The number of benzene rings is 3. The molecule has 2 unspecified atom stereocenters. The van der Waals surface area contributed by atoms with Crippen molar-refractivity contribution < 1.29 is 29.6 Å². The van der Waals surface area contributed by atoms with Crippen LogP contribution in [0.3, 0.4) is 0 Å². The van der Waals surface area contributed by atoms with Crippen LogP contribution in [-0.4, -0.2) is 46.6 Å². The van der Waals surface area contributed by atoms with E-state index in [-0.39, 0.29) is 24.6 Å². The number of ether oxygens (including phenoxy) is 1. The highest BCUT2D eigenvalue weighted by molar-refractivity contribution is 5.88. The number of carbonyl (C=O) groups is 2. The van der Waals surface area contributed by atoms with Gasteiger partial charge in [-0.25, -0.2) is 9.59 Å². The van der Waals surface area contributed by atoms with Gasteiger partial charge in [0.1, 0.15) is 18.8 Å². The summed E-state index contributed by atoms with van der Waals surface area (Å²) >= 11 is 0. The third kappa shape index (κ3) is 4.60. The molecule has 4 N–H and O–H groups in total. The lowest BCUT2D eigenvalue weighted by Crippen LogP contribution is -2.36. The Labute approximate surface area is 191 Å². The minimum atomic E-state index is -1.29. The molecule has 7 heteroatoms. The molecule has 0 saturated heterocycles. The number of aliphatic hydroxyl groups is 2. The Bertz CT molecular complexity index is 1150. The van der Waals surface area contributed by atoms with Crippen LogP contribution in [0.1, 0.15) is 44.6 Å². The van der Waals surface area contributed by atoms with Gasteiger partial charge in [0.2, 0.25) is 0 Å². The maximum Gasteiger partial charge on any atom is 0.407 e. The summed E-state index contributed by atoms with van der Waals surface area (Å²) in [5.41, 5.74) is 5.47. The number of hydrogen-bond acceptors (Lipinski definition) is 5. The fourth-order valence-electron chi connectivity index (χ4n) is 4.30. The van der Waals surface area contributed by atoms with Gasteiger partial charge >= 0.3 is 12.1 Å². The lowest BCUT2D eigenvalue weighted by atomic mass is 9.97. The molecule has 3 aromatic rings. The molecule has 0 saturated carbocycles. The summed E-state index contributed by atoms with van der Waals surface area (Å²) in [5.74, 6) is -1.15. The summed E-state index contributed by atoms with van der Waals surface area (Å²) in [6.45, 7) is 1.57. The molecule has 2 atom stereocenters. The number of carbonyl (C=O) groups excluding carboxylic acids is 1. The number of aliphatic hydroxyl groups excluding tert-OH is 2.